The van der Waals surface area contributed by atoms with Gasteiger partial charge in [-0.05, 0) is 44.9 Å². The van der Waals surface area contributed by atoms with Crippen molar-refractivity contribution in [2.75, 3.05) is 12.4 Å². The fourth-order valence-corrected chi connectivity index (χ4v) is 5.24. The van der Waals surface area contributed by atoms with Crippen LogP contribution in [-0.2, 0) is 10.2 Å². The molecule has 0 aromatic rings. The number of alkyl halides is 1. The Hall–Kier alpha value is 0.160. The van der Waals surface area contributed by atoms with Crippen LogP contribution in [0.4, 0.5) is 0 Å². The van der Waals surface area contributed by atoms with E-state index in [9.17, 15) is 8.42 Å². The van der Waals surface area contributed by atoms with Crippen molar-refractivity contribution in [2.24, 2.45) is 5.92 Å². The molecule has 3 atom stereocenters. The van der Waals surface area contributed by atoms with E-state index in [1.54, 1.807) is 4.31 Å². The summed E-state index contributed by atoms with van der Waals surface area (Å²) in [5, 5.41) is 0. The predicted molar refractivity (Wildman–Crippen MR) is 78.5 cm³/mol. The zero-order chi connectivity index (χ0) is 13.9. The molecule has 0 spiro atoms. The summed E-state index contributed by atoms with van der Waals surface area (Å²) < 4.78 is 29.4. The van der Waals surface area contributed by atoms with Crippen molar-refractivity contribution in [1.82, 2.24) is 9.03 Å². The maximum absolute atomic E-state index is 12.4. The number of piperidine rings is 1. The molecule has 1 aliphatic carbocycles. The molecule has 1 aliphatic heterocycles. The Labute approximate surface area is 122 Å². The summed E-state index contributed by atoms with van der Waals surface area (Å²) in [4.78, 5) is 0. The Bertz CT molecular complexity index is 388. The number of halogens is 1. The molecular weight excluding hydrogens is 284 g/mol. The quantitative estimate of drug-likeness (QED) is 0.811. The molecule has 1 saturated carbocycles. The summed E-state index contributed by atoms with van der Waals surface area (Å²) in [7, 11) is -3.32. The lowest BCUT2D eigenvalue weighted by molar-refractivity contribution is 0.257. The second-order valence-corrected chi connectivity index (χ2v) is 7.93. The molecule has 2 fully saturated rings. The van der Waals surface area contributed by atoms with Crippen LogP contribution in [0.1, 0.15) is 51.9 Å². The molecule has 0 bridgehead atoms. The van der Waals surface area contributed by atoms with Crippen molar-refractivity contribution >= 4 is 21.8 Å². The first-order chi connectivity index (χ1) is 9.03. The predicted octanol–water partition coefficient (Wildman–Crippen LogP) is 2.49. The molecule has 3 unspecified atom stereocenters. The van der Waals surface area contributed by atoms with Crippen LogP contribution in [0, 0.1) is 5.92 Å². The summed E-state index contributed by atoms with van der Waals surface area (Å²) in [6.45, 7) is 2.66. The molecule has 0 aromatic heterocycles. The van der Waals surface area contributed by atoms with Crippen LogP contribution in [-0.4, -0.2) is 37.2 Å². The maximum Gasteiger partial charge on any atom is 0.279 e. The minimum Gasteiger partial charge on any atom is -0.199 e. The maximum atomic E-state index is 12.4. The van der Waals surface area contributed by atoms with Gasteiger partial charge in [-0.2, -0.15) is 17.4 Å². The molecule has 2 aliphatic rings. The second kappa shape index (κ2) is 6.74. The van der Waals surface area contributed by atoms with Gasteiger partial charge in [-0.3, -0.25) is 0 Å². The number of hydrogen-bond donors (Lipinski definition) is 1. The van der Waals surface area contributed by atoms with Gasteiger partial charge in [0.25, 0.3) is 10.2 Å². The van der Waals surface area contributed by atoms with Gasteiger partial charge in [-0.15, -0.1) is 11.6 Å². The largest absolute Gasteiger partial charge is 0.279 e. The highest BCUT2D eigenvalue weighted by Gasteiger charge is 2.32. The average molecular weight is 309 g/mol. The van der Waals surface area contributed by atoms with Crippen molar-refractivity contribution in [3.05, 3.63) is 0 Å². The highest BCUT2D eigenvalue weighted by Crippen LogP contribution is 2.27. The van der Waals surface area contributed by atoms with Crippen LogP contribution in [0.25, 0.3) is 0 Å². The summed E-state index contributed by atoms with van der Waals surface area (Å²) >= 11 is 5.90. The average Bonchev–Trinajstić information content (AvgIpc) is 2.38. The molecule has 1 N–H and O–H groups in total. The van der Waals surface area contributed by atoms with Gasteiger partial charge < -0.3 is 0 Å². The van der Waals surface area contributed by atoms with Crippen molar-refractivity contribution < 1.29 is 8.42 Å². The molecule has 0 radical (unpaired) electrons. The molecular formula is C13H25ClN2O2S. The van der Waals surface area contributed by atoms with E-state index in [0.29, 0.717) is 18.3 Å². The third-order valence-electron chi connectivity index (χ3n) is 4.37. The molecule has 4 nitrogen and oxygen atoms in total. The minimum atomic E-state index is -3.32. The van der Waals surface area contributed by atoms with E-state index < -0.39 is 10.2 Å². The molecule has 112 valence electrons. The van der Waals surface area contributed by atoms with Crippen molar-refractivity contribution in [2.45, 2.75) is 64.0 Å². The Morgan fingerprint density at radius 1 is 1.21 bits per heavy atom. The van der Waals surface area contributed by atoms with Crippen LogP contribution >= 0.6 is 11.6 Å². The van der Waals surface area contributed by atoms with E-state index in [0.717, 1.165) is 44.9 Å². The number of nitrogens with one attached hydrogen (secondary N) is 1. The summed E-state index contributed by atoms with van der Waals surface area (Å²) in [5.41, 5.74) is 0. The topological polar surface area (TPSA) is 49.4 Å². The van der Waals surface area contributed by atoms with Gasteiger partial charge in [0.1, 0.15) is 0 Å². The minimum absolute atomic E-state index is 0.0663. The van der Waals surface area contributed by atoms with E-state index in [-0.39, 0.29) is 12.1 Å². The summed E-state index contributed by atoms with van der Waals surface area (Å²) in [5.74, 6) is 1.10. The zero-order valence-electron chi connectivity index (χ0n) is 11.6. The van der Waals surface area contributed by atoms with Crippen LogP contribution < -0.4 is 4.72 Å². The Kier molecular flexibility index (Phi) is 5.52. The van der Waals surface area contributed by atoms with Gasteiger partial charge >= 0.3 is 0 Å². The van der Waals surface area contributed by atoms with Crippen LogP contribution in [0.15, 0.2) is 0 Å². The molecule has 1 saturated heterocycles. The fraction of sp³-hybridized carbons (Fsp3) is 1.00. The van der Waals surface area contributed by atoms with E-state index in [4.69, 9.17) is 11.6 Å². The first-order valence-corrected chi connectivity index (χ1v) is 9.35. The number of rotatable bonds is 4. The van der Waals surface area contributed by atoms with E-state index in [1.807, 2.05) is 6.92 Å². The first kappa shape index (κ1) is 15.5. The highest BCUT2D eigenvalue weighted by molar-refractivity contribution is 7.87. The smallest absolute Gasteiger partial charge is 0.199 e. The standard InChI is InChI=1S/C13H25ClN2O2S/c1-11-5-2-3-8-16(11)19(17,18)15-13-7-4-6-12(9-13)10-14/h11-13,15H,2-10H2,1H3. The van der Waals surface area contributed by atoms with E-state index in [1.165, 1.54) is 0 Å². The number of nitrogens with zero attached hydrogens (tertiary/aromatic N) is 1. The third-order valence-corrected chi connectivity index (χ3v) is 6.59. The molecule has 0 amide bonds. The van der Waals surface area contributed by atoms with E-state index in [2.05, 4.69) is 4.72 Å². The Balaban J connectivity index is 1.96. The van der Waals surface area contributed by atoms with Crippen LogP contribution in [0.2, 0.25) is 0 Å². The van der Waals surface area contributed by atoms with Gasteiger partial charge in [0, 0.05) is 24.5 Å². The van der Waals surface area contributed by atoms with Crippen molar-refractivity contribution in [3.8, 4) is 0 Å². The lowest BCUT2D eigenvalue weighted by Gasteiger charge is -2.35. The Morgan fingerprint density at radius 3 is 2.68 bits per heavy atom. The molecule has 19 heavy (non-hydrogen) atoms. The summed E-state index contributed by atoms with van der Waals surface area (Å²) in [6, 6.07) is 0.190. The fourth-order valence-electron chi connectivity index (χ4n) is 3.25. The third kappa shape index (κ3) is 4.06. The first-order valence-electron chi connectivity index (χ1n) is 7.38. The Morgan fingerprint density at radius 2 is 2.00 bits per heavy atom. The van der Waals surface area contributed by atoms with Gasteiger partial charge in [0.05, 0.1) is 0 Å². The zero-order valence-corrected chi connectivity index (χ0v) is 13.2. The molecule has 0 aromatic carbocycles. The number of hydrogen-bond acceptors (Lipinski definition) is 2. The monoisotopic (exact) mass is 308 g/mol. The van der Waals surface area contributed by atoms with E-state index >= 15 is 0 Å². The van der Waals surface area contributed by atoms with Crippen LogP contribution in [0.5, 0.6) is 0 Å². The van der Waals surface area contributed by atoms with Gasteiger partial charge in [-0.1, -0.05) is 12.8 Å². The lowest BCUT2D eigenvalue weighted by atomic mass is 9.87. The van der Waals surface area contributed by atoms with Crippen LogP contribution in [0.3, 0.4) is 0 Å². The molecule has 2 rings (SSSR count). The second-order valence-electron chi connectivity index (χ2n) is 5.96. The van der Waals surface area contributed by atoms with Crippen molar-refractivity contribution in [3.63, 3.8) is 0 Å². The molecule has 6 heteroatoms. The van der Waals surface area contributed by atoms with Gasteiger partial charge in [0.15, 0.2) is 0 Å². The van der Waals surface area contributed by atoms with Gasteiger partial charge in [0.2, 0.25) is 0 Å². The molecule has 1 heterocycles. The highest BCUT2D eigenvalue weighted by atomic mass is 35.5. The SMILES string of the molecule is CC1CCCCN1S(=O)(=O)NC1CCCC(CCl)C1. The lowest BCUT2D eigenvalue weighted by Crippen LogP contribution is -2.51. The summed E-state index contributed by atoms with van der Waals surface area (Å²) in [6.07, 6.45) is 7.09. The normalized spacial score (nSPS) is 34.3. The van der Waals surface area contributed by atoms with Crippen molar-refractivity contribution in [1.29, 1.82) is 0 Å². The van der Waals surface area contributed by atoms with Gasteiger partial charge in [-0.25, -0.2) is 0 Å².